The van der Waals surface area contributed by atoms with Gasteiger partial charge >= 0.3 is 0 Å². The average molecular weight is 397 g/mol. The van der Waals surface area contributed by atoms with E-state index in [1.165, 1.54) is 0 Å². The largest absolute Gasteiger partial charge is 0.450 e. The molecule has 1 atom stereocenters. The number of fused-ring (bicyclic) bond motifs is 2. The summed E-state index contributed by atoms with van der Waals surface area (Å²) in [5.74, 6) is -0.114. The molecule has 28 heavy (non-hydrogen) atoms. The Hall–Kier alpha value is -2.63. The fraction of sp³-hybridized carbons (Fsp3) is 0.273. The highest BCUT2D eigenvalue weighted by Gasteiger charge is 2.42. The van der Waals surface area contributed by atoms with E-state index in [1.54, 1.807) is 23.1 Å². The zero-order chi connectivity index (χ0) is 20.0. The van der Waals surface area contributed by atoms with Crippen molar-refractivity contribution in [2.75, 3.05) is 27.2 Å². The number of rotatable bonds is 4. The minimum absolute atomic E-state index is 0.139. The van der Waals surface area contributed by atoms with E-state index < -0.39 is 6.04 Å². The molecule has 2 heterocycles. The molecule has 1 unspecified atom stereocenters. The van der Waals surface area contributed by atoms with E-state index in [0.717, 1.165) is 11.1 Å². The molecular weight excluding hydrogens is 376 g/mol. The summed E-state index contributed by atoms with van der Waals surface area (Å²) in [4.78, 5) is 30.3. The molecule has 144 valence electrons. The van der Waals surface area contributed by atoms with E-state index in [0.29, 0.717) is 34.6 Å². The first kappa shape index (κ1) is 18.7. The number of amides is 1. The molecule has 0 saturated heterocycles. The van der Waals surface area contributed by atoms with Crippen LogP contribution < -0.4 is 5.43 Å². The van der Waals surface area contributed by atoms with E-state index in [9.17, 15) is 9.59 Å². The number of hydrogen-bond donors (Lipinski definition) is 0. The van der Waals surface area contributed by atoms with E-state index in [1.807, 2.05) is 50.2 Å². The van der Waals surface area contributed by atoms with Crippen molar-refractivity contribution in [3.05, 3.63) is 80.2 Å². The summed E-state index contributed by atoms with van der Waals surface area (Å²) in [5, 5.41) is 1.11. The Morgan fingerprint density at radius 3 is 2.50 bits per heavy atom. The third kappa shape index (κ3) is 3.11. The molecule has 1 aliphatic heterocycles. The number of likely N-dealkylation sites (N-methyl/N-ethyl adjacent to an activating group) is 1. The highest BCUT2D eigenvalue weighted by molar-refractivity contribution is 6.30. The summed E-state index contributed by atoms with van der Waals surface area (Å²) in [6, 6.07) is 12.2. The van der Waals surface area contributed by atoms with E-state index in [-0.39, 0.29) is 17.1 Å². The van der Waals surface area contributed by atoms with Crippen molar-refractivity contribution in [3.63, 3.8) is 0 Å². The number of halogens is 1. The van der Waals surface area contributed by atoms with Crippen LogP contribution in [0.15, 0.2) is 51.7 Å². The Labute approximate surface area is 168 Å². The number of carbonyl (C=O) groups is 1. The summed E-state index contributed by atoms with van der Waals surface area (Å²) < 4.78 is 5.93. The van der Waals surface area contributed by atoms with Crippen LogP contribution in [0, 0.1) is 6.92 Å². The highest BCUT2D eigenvalue weighted by Crippen LogP contribution is 2.38. The maximum atomic E-state index is 13.4. The molecule has 0 aliphatic carbocycles. The molecule has 0 spiro atoms. The molecule has 0 N–H and O–H groups in total. The molecule has 4 rings (SSSR count). The standard InChI is InChI=1S/C22H21ClN2O3/c1-13-4-9-17-16(12-13)20(26)18-19(14-5-7-15(23)8-6-14)25(11-10-24(2)3)22(27)21(18)28-17/h4-9,12,19H,10-11H2,1-3H3. The molecule has 1 aromatic heterocycles. The Morgan fingerprint density at radius 1 is 1.11 bits per heavy atom. The lowest BCUT2D eigenvalue weighted by atomic mass is 9.98. The molecule has 0 fully saturated rings. The smallest absolute Gasteiger partial charge is 0.290 e. The molecule has 1 aliphatic rings. The first-order valence-electron chi connectivity index (χ1n) is 9.15. The van der Waals surface area contributed by atoms with E-state index in [2.05, 4.69) is 0 Å². The summed E-state index contributed by atoms with van der Waals surface area (Å²) in [5.41, 5.74) is 2.50. The van der Waals surface area contributed by atoms with Crippen molar-refractivity contribution in [3.8, 4) is 0 Å². The fourth-order valence-corrected chi connectivity index (χ4v) is 3.79. The molecule has 5 nitrogen and oxygen atoms in total. The highest BCUT2D eigenvalue weighted by atomic mass is 35.5. The molecule has 0 bridgehead atoms. The van der Waals surface area contributed by atoms with Gasteiger partial charge in [0.25, 0.3) is 5.91 Å². The van der Waals surface area contributed by atoms with Crippen LogP contribution in [0.1, 0.15) is 33.3 Å². The van der Waals surface area contributed by atoms with Crippen molar-refractivity contribution in [2.45, 2.75) is 13.0 Å². The summed E-state index contributed by atoms with van der Waals surface area (Å²) in [6.45, 7) is 3.09. The third-order valence-electron chi connectivity index (χ3n) is 5.10. The first-order valence-corrected chi connectivity index (χ1v) is 9.53. The van der Waals surface area contributed by atoms with Gasteiger partial charge in [-0.15, -0.1) is 0 Å². The SMILES string of the molecule is Cc1ccc2oc3c(c(=O)c2c1)C(c1ccc(Cl)cc1)N(CCN(C)C)C3=O. The lowest BCUT2D eigenvalue weighted by Gasteiger charge is -2.26. The number of aryl methyl sites for hydroxylation is 1. The van der Waals surface area contributed by atoms with Crippen LogP contribution in [-0.2, 0) is 0 Å². The second-order valence-corrected chi connectivity index (χ2v) is 7.87. The van der Waals surface area contributed by atoms with Gasteiger partial charge in [0.15, 0.2) is 5.43 Å². The third-order valence-corrected chi connectivity index (χ3v) is 5.35. The van der Waals surface area contributed by atoms with Crippen molar-refractivity contribution < 1.29 is 9.21 Å². The number of nitrogens with zero attached hydrogens (tertiary/aromatic N) is 2. The van der Waals surface area contributed by atoms with Crippen LogP contribution in [-0.4, -0.2) is 42.9 Å². The monoisotopic (exact) mass is 396 g/mol. The quantitative estimate of drug-likeness (QED) is 0.672. The molecule has 1 amide bonds. The van der Waals surface area contributed by atoms with E-state index >= 15 is 0 Å². The molecule has 0 saturated carbocycles. The van der Waals surface area contributed by atoms with Crippen LogP contribution in [0.2, 0.25) is 5.02 Å². The van der Waals surface area contributed by atoms with Gasteiger partial charge in [0.1, 0.15) is 5.58 Å². The lowest BCUT2D eigenvalue weighted by Crippen LogP contribution is -2.35. The Bertz CT molecular complexity index is 1120. The Kier molecular flexibility index (Phi) is 4.73. The second-order valence-electron chi connectivity index (χ2n) is 7.43. The Morgan fingerprint density at radius 2 is 1.82 bits per heavy atom. The summed E-state index contributed by atoms with van der Waals surface area (Å²) >= 11 is 6.05. The van der Waals surface area contributed by atoms with Gasteiger partial charge in [-0.3, -0.25) is 9.59 Å². The van der Waals surface area contributed by atoms with Gasteiger partial charge in [0.05, 0.1) is 17.0 Å². The van der Waals surface area contributed by atoms with Gasteiger partial charge in [-0.05, 0) is 50.8 Å². The molecule has 3 aromatic rings. The van der Waals surface area contributed by atoms with Gasteiger partial charge in [-0.2, -0.15) is 0 Å². The lowest BCUT2D eigenvalue weighted by molar-refractivity contribution is 0.0716. The van der Waals surface area contributed by atoms with Crippen LogP contribution in [0.5, 0.6) is 0 Å². The van der Waals surface area contributed by atoms with Crippen molar-refractivity contribution in [1.29, 1.82) is 0 Å². The molecule has 2 aromatic carbocycles. The fourth-order valence-electron chi connectivity index (χ4n) is 3.66. The van der Waals surface area contributed by atoms with Crippen molar-refractivity contribution >= 4 is 28.5 Å². The maximum Gasteiger partial charge on any atom is 0.290 e. The summed E-state index contributed by atoms with van der Waals surface area (Å²) in [6.07, 6.45) is 0. The van der Waals surface area contributed by atoms with Crippen LogP contribution in [0.4, 0.5) is 0 Å². The van der Waals surface area contributed by atoms with Crippen LogP contribution in [0.25, 0.3) is 11.0 Å². The normalized spacial score (nSPS) is 16.2. The van der Waals surface area contributed by atoms with E-state index in [4.69, 9.17) is 16.0 Å². The number of carbonyl (C=O) groups excluding carboxylic acids is 1. The van der Waals surface area contributed by atoms with Crippen LogP contribution >= 0.6 is 11.6 Å². The number of hydrogen-bond acceptors (Lipinski definition) is 4. The van der Waals surface area contributed by atoms with Gasteiger partial charge < -0.3 is 14.2 Å². The minimum atomic E-state index is -0.485. The molecule has 6 heteroatoms. The predicted molar refractivity (Wildman–Crippen MR) is 110 cm³/mol. The zero-order valence-electron chi connectivity index (χ0n) is 16.0. The van der Waals surface area contributed by atoms with Gasteiger partial charge in [-0.25, -0.2) is 0 Å². The predicted octanol–water partition coefficient (Wildman–Crippen LogP) is 3.86. The maximum absolute atomic E-state index is 13.4. The second kappa shape index (κ2) is 7.08. The number of benzene rings is 2. The summed E-state index contributed by atoms with van der Waals surface area (Å²) in [7, 11) is 3.90. The van der Waals surface area contributed by atoms with Gasteiger partial charge in [0, 0.05) is 18.1 Å². The van der Waals surface area contributed by atoms with Crippen molar-refractivity contribution in [1.82, 2.24) is 9.80 Å². The Balaban J connectivity index is 1.94. The van der Waals surface area contributed by atoms with Crippen molar-refractivity contribution in [2.24, 2.45) is 0 Å². The van der Waals surface area contributed by atoms with Gasteiger partial charge in [0.2, 0.25) is 5.76 Å². The minimum Gasteiger partial charge on any atom is -0.450 e. The van der Waals surface area contributed by atoms with Gasteiger partial charge in [-0.1, -0.05) is 35.4 Å². The molecule has 0 radical (unpaired) electrons. The topological polar surface area (TPSA) is 53.8 Å². The first-order chi connectivity index (χ1) is 13.4. The van der Waals surface area contributed by atoms with Crippen LogP contribution in [0.3, 0.4) is 0 Å². The average Bonchev–Trinajstić information content (AvgIpc) is 2.94. The molecular formula is C22H21ClN2O3. The zero-order valence-corrected chi connectivity index (χ0v) is 16.8.